The Morgan fingerprint density at radius 3 is 2.54 bits per heavy atom. The van der Waals surface area contributed by atoms with Gasteiger partial charge in [-0.05, 0) is 55.0 Å². The van der Waals surface area contributed by atoms with Crippen LogP contribution >= 0.6 is 23.4 Å². The molecule has 4 aromatic rings. The number of aryl methyl sites for hydroxylation is 1. The van der Waals surface area contributed by atoms with Gasteiger partial charge in [-0.2, -0.15) is 0 Å². The van der Waals surface area contributed by atoms with Crippen molar-refractivity contribution in [3.05, 3.63) is 110 Å². The summed E-state index contributed by atoms with van der Waals surface area (Å²) in [5.41, 5.74) is 1.59. The van der Waals surface area contributed by atoms with Gasteiger partial charge in [0.25, 0.3) is 0 Å². The quantitative estimate of drug-likeness (QED) is 0.150. The van der Waals surface area contributed by atoms with E-state index >= 15 is 0 Å². The molecule has 180 valence electrons. The van der Waals surface area contributed by atoms with Crippen molar-refractivity contribution in [1.82, 2.24) is 14.8 Å². The van der Waals surface area contributed by atoms with Crippen LogP contribution in [0.4, 0.5) is 8.78 Å². The van der Waals surface area contributed by atoms with Crippen LogP contribution in [0.1, 0.15) is 22.2 Å². The molecule has 11 heteroatoms. The van der Waals surface area contributed by atoms with Crippen molar-refractivity contribution in [2.24, 2.45) is 0 Å². The number of nitro groups is 1. The molecule has 0 aliphatic rings. The Balaban J connectivity index is 1.58. The predicted molar refractivity (Wildman–Crippen MR) is 129 cm³/mol. The molecule has 0 N–H and O–H groups in total. The van der Waals surface area contributed by atoms with E-state index in [9.17, 15) is 18.9 Å². The second kappa shape index (κ2) is 10.8. The van der Waals surface area contributed by atoms with Gasteiger partial charge in [-0.1, -0.05) is 47.6 Å². The minimum Gasteiger partial charge on any atom is -0.487 e. The van der Waals surface area contributed by atoms with E-state index in [0.29, 0.717) is 33.5 Å². The Hall–Kier alpha value is -3.50. The molecule has 0 radical (unpaired) electrons. The lowest BCUT2D eigenvalue weighted by molar-refractivity contribution is -0.479. The van der Waals surface area contributed by atoms with Crippen molar-refractivity contribution < 1.29 is 18.4 Å². The average molecular weight is 517 g/mol. The van der Waals surface area contributed by atoms with Gasteiger partial charge in [0.15, 0.2) is 5.16 Å². The Labute approximate surface area is 208 Å². The summed E-state index contributed by atoms with van der Waals surface area (Å²) in [4.78, 5) is 11.0. The third-order valence-electron chi connectivity index (χ3n) is 5.11. The average Bonchev–Trinajstić information content (AvgIpc) is 3.19. The minimum atomic E-state index is -0.647. The first kappa shape index (κ1) is 24.6. The molecule has 0 bridgehead atoms. The topological polar surface area (TPSA) is 83.1 Å². The molecule has 0 unspecified atom stereocenters. The fourth-order valence-corrected chi connectivity index (χ4v) is 4.79. The van der Waals surface area contributed by atoms with E-state index in [1.165, 1.54) is 18.2 Å². The molecule has 1 atom stereocenters. The number of hydrogen-bond acceptors (Lipinski definition) is 6. The Morgan fingerprint density at radius 2 is 1.86 bits per heavy atom. The van der Waals surface area contributed by atoms with Gasteiger partial charge in [0, 0.05) is 16.2 Å². The highest BCUT2D eigenvalue weighted by atomic mass is 35.5. The number of nitrogens with zero attached hydrogens (tertiary/aromatic N) is 4. The van der Waals surface area contributed by atoms with Crippen LogP contribution in [0.3, 0.4) is 0 Å². The number of benzene rings is 3. The molecule has 0 aliphatic carbocycles. The lowest BCUT2D eigenvalue weighted by atomic mass is 10.1. The SMILES string of the molecule is Cc1nnc(S[C@@H](C[N+](=O)[O-])c2ccc(OCc3ccccc3F)c(Cl)c2)n1-c1ccc(F)cc1. The summed E-state index contributed by atoms with van der Waals surface area (Å²) in [6, 6.07) is 16.9. The van der Waals surface area contributed by atoms with Gasteiger partial charge in [-0.3, -0.25) is 14.7 Å². The summed E-state index contributed by atoms with van der Waals surface area (Å²) in [7, 11) is 0. The lowest BCUT2D eigenvalue weighted by Crippen LogP contribution is -2.11. The van der Waals surface area contributed by atoms with Crippen molar-refractivity contribution in [3.8, 4) is 11.4 Å². The van der Waals surface area contributed by atoms with Crippen LogP contribution in [0.25, 0.3) is 5.69 Å². The van der Waals surface area contributed by atoms with Crippen LogP contribution in [0.2, 0.25) is 5.02 Å². The lowest BCUT2D eigenvalue weighted by Gasteiger charge is -2.16. The van der Waals surface area contributed by atoms with Gasteiger partial charge in [0.1, 0.15) is 35.1 Å². The highest BCUT2D eigenvalue weighted by Gasteiger charge is 2.24. The van der Waals surface area contributed by atoms with Gasteiger partial charge < -0.3 is 4.74 Å². The fourth-order valence-electron chi connectivity index (χ4n) is 3.39. The van der Waals surface area contributed by atoms with E-state index in [4.69, 9.17) is 16.3 Å². The number of aromatic nitrogens is 3. The van der Waals surface area contributed by atoms with E-state index in [2.05, 4.69) is 10.2 Å². The first-order valence-electron chi connectivity index (χ1n) is 10.4. The summed E-state index contributed by atoms with van der Waals surface area (Å²) in [6.45, 7) is 1.33. The second-order valence-corrected chi connectivity index (χ2v) is 9.11. The van der Waals surface area contributed by atoms with Crippen LogP contribution < -0.4 is 4.74 Å². The molecule has 0 fully saturated rings. The summed E-state index contributed by atoms with van der Waals surface area (Å²) in [6.07, 6.45) is 0. The third-order valence-corrected chi connectivity index (χ3v) is 6.59. The van der Waals surface area contributed by atoms with Crippen LogP contribution in [0.5, 0.6) is 5.75 Å². The molecular formula is C24H19ClF2N4O3S. The van der Waals surface area contributed by atoms with Gasteiger partial charge in [-0.25, -0.2) is 8.78 Å². The molecule has 0 aliphatic heterocycles. The summed E-state index contributed by atoms with van der Waals surface area (Å²) in [5, 5.41) is 19.7. The molecule has 0 saturated heterocycles. The van der Waals surface area contributed by atoms with E-state index in [1.54, 1.807) is 60.0 Å². The summed E-state index contributed by atoms with van der Waals surface area (Å²) in [5.74, 6) is 0.109. The third kappa shape index (κ3) is 5.95. The monoisotopic (exact) mass is 516 g/mol. The van der Waals surface area contributed by atoms with Gasteiger partial charge in [0.2, 0.25) is 6.54 Å². The maximum atomic E-state index is 13.9. The van der Waals surface area contributed by atoms with Crippen LogP contribution in [-0.2, 0) is 6.61 Å². The Kier molecular flexibility index (Phi) is 7.62. The summed E-state index contributed by atoms with van der Waals surface area (Å²) < 4.78 is 34.6. The Morgan fingerprint density at radius 1 is 1.11 bits per heavy atom. The molecular weight excluding hydrogens is 498 g/mol. The smallest absolute Gasteiger partial charge is 0.220 e. The van der Waals surface area contributed by atoms with E-state index in [1.807, 2.05) is 0 Å². The zero-order chi connectivity index (χ0) is 24.9. The van der Waals surface area contributed by atoms with Gasteiger partial charge in [0.05, 0.1) is 5.02 Å². The maximum Gasteiger partial charge on any atom is 0.220 e. The molecule has 1 aromatic heterocycles. The number of thioether (sulfide) groups is 1. The van der Waals surface area contributed by atoms with Crippen molar-refractivity contribution in [2.45, 2.75) is 23.9 Å². The van der Waals surface area contributed by atoms with Crippen molar-refractivity contribution in [3.63, 3.8) is 0 Å². The Bertz CT molecular complexity index is 1350. The number of halogens is 3. The molecule has 35 heavy (non-hydrogen) atoms. The van der Waals surface area contributed by atoms with Gasteiger partial charge >= 0.3 is 0 Å². The largest absolute Gasteiger partial charge is 0.487 e. The molecule has 1 heterocycles. The number of rotatable bonds is 9. The van der Waals surface area contributed by atoms with E-state index in [-0.39, 0.29) is 23.3 Å². The first-order valence-corrected chi connectivity index (χ1v) is 11.7. The normalized spacial score (nSPS) is 11.9. The van der Waals surface area contributed by atoms with Crippen molar-refractivity contribution in [1.29, 1.82) is 0 Å². The molecule has 7 nitrogen and oxygen atoms in total. The zero-order valence-corrected chi connectivity index (χ0v) is 20.0. The number of ether oxygens (including phenoxy) is 1. The zero-order valence-electron chi connectivity index (χ0n) is 18.4. The van der Waals surface area contributed by atoms with Gasteiger partial charge in [-0.15, -0.1) is 10.2 Å². The molecule has 0 amide bonds. The molecule has 0 saturated carbocycles. The minimum absolute atomic E-state index is 0.0150. The van der Waals surface area contributed by atoms with Crippen LogP contribution in [0, 0.1) is 28.7 Å². The molecule has 0 spiro atoms. The second-order valence-electron chi connectivity index (χ2n) is 7.53. The fraction of sp³-hybridized carbons (Fsp3) is 0.167. The predicted octanol–water partition coefficient (Wildman–Crippen LogP) is 6.20. The van der Waals surface area contributed by atoms with E-state index in [0.717, 1.165) is 11.8 Å². The highest BCUT2D eigenvalue weighted by molar-refractivity contribution is 7.99. The first-order chi connectivity index (χ1) is 16.8. The van der Waals surface area contributed by atoms with Crippen LogP contribution in [0.15, 0.2) is 71.9 Å². The molecule has 4 rings (SSSR count). The van der Waals surface area contributed by atoms with E-state index < -0.39 is 16.7 Å². The maximum absolute atomic E-state index is 13.9. The summed E-state index contributed by atoms with van der Waals surface area (Å²) >= 11 is 7.55. The van der Waals surface area contributed by atoms with Crippen LogP contribution in [-0.4, -0.2) is 26.2 Å². The highest BCUT2D eigenvalue weighted by Crippen LogP contribution is 2.38. The molecule has 3 aromatic carbocycles. The van der Waals surface area contributed by atoms with Crippen molar-refractivity contribution in [2.75, 3.05) is 6.54 Å². The number of hydrogen-bond donors (Lipinski definition) is 0. The standard InChI is InChI=1S/C24H19ClF2N4O3S/c1-15-28-29-24(31(15)19-9-7-18(26)8-10-19)35-23(13-30(32)33)16-6-11-22(20(25)12-16)34-14-17-4-2-3-5-21(17)27/h2-12,23H,13-14H2,1H3/t23-/m0/s1. The van der Waals surface area contributed by atoms with Crippen molar-refractivity contribution >= 4 is 23.4 Å².